The number of hydrogen-bond acceptors (Lipinski definition) is 5. The lowest BCUT2D eigenvalue weighted by molar-refractivity contribution is -0.129. The molecule has 8 nitrogen and oxygen atoms in total. The summed E-state index contributed by atoms with van der Waals surface area (Å²) in [5.74, 6) is -0.150. The van der Waals surface area contributed by atoms with Crippen molar-refractivity contribution >= 4 is 52.9 Å². The molecule has 1 heterocycles. The quantitative estimate of drug-likeness (QED) is 0.514. The molecule has 32 heavy (non-hydrogen) atoms. The molecule has 0 saturated carbocycles. The third-order valence-electron chi connectivity index (χ3n) is 4.90. The number of carbonyl (C=O) groups is 3. The maximum absolute atomic E-state index is 12.5. The Balaban J connectivity index is 1.60. The number of thioether (sulfide) groups is 1. The van der Waals surface area contributed by atoms with Gasteiger partial charge in [0.05, 0.1) is 5.88 Å². The smallest absolute Gasteiger partial charge is 0.408 e. The van der Waals surface area contributed by atoms with Gasteiger partial charge in [-0.15, -0.1) is 11.8 Å². The topological polar surface area (TPSA) is 122 Å². The third-order valence-corrected chi connectivity index (χ3v) is 6.62. The molecule has 170 valence electrons. The van der Waals surface area contributed by atoms with Crippen LogP contribution < -0.4 is 15.8 Å². The molecule has 0 aliphatic carbocycles. The number of nitrogens with one attached hydrogen (secondary N) is 1. The van der Waals surface area contributed by atoms with Crippen LogP contribution in [0.3, 0.4) is 0 Å². The average molecular weight is 498 g/mol. The molecule has 0 aromatic heterocycles. The number of ether oxygens (including phenoxy) is 1. The van der Waals surface area contributed by atoms with Crippen molar-refractivity contribution in [3.05, 3.63) is 63.6 Å². The minimum absolute atomic E-state index is 0.157. The zero-order chi connectivity index (χ0) is 23.3. The Morgan fingerprint density at radius 2 is 1.84 bits per heavy atom. The number of primary amides is 1. The summed E-state index contributed by atoms with van der Waals surface area (Å²) in [5.41, 5.74) is 6.88. The van der Waals surface area contributed by atoms with Gasteiger partial charge in [-0.1, -0.05) is 41.4 Å². The average Bonchev–Trinajstić information content (AvgIpc) is 3.24. The van der Waals surface area contributed by atoms with E-state index < -0.39 is 30.0 Å². The number of carbonyl (C=O) groups excluding carboxylic acids is 2. The molecule has 0 spiro atoms. The highest BCUT2D eigenvalue weighted by molar-refractivity contribution is 7.99. The molecule has 2 atom stereocenters. The number of carboxylic acid groups (broad SMARTS) is 1. The van der Waals surface area contributed by atoms with E-state index in [0.29, 0.717) is 27.1 Å². The van der Waals surface area contributed by atoms with Crippen LogP contribution in [0.2, 0.25) is 10.0 Å². The summed E-state index contributed by atoms with van der Waals surface area (Å²) in [7, 11) is 0. The first-order chi connectivity index (χ1) is 15.3. The molecular formula is C21H21Cl2N3O5S. The summed E-state index contributed by atoms with van der Waals surface area (Å²) in [4.78, 5) is 36.7. The van der Waals surface area contributed by atoms with E-state index in [1.807, 2.05) is 0 Å². The molecule has 2 aromatic rings. The van der Waals surface area contributed by atoms with Crippen molar-refractivity contribution in [2.45, 2.75) is 25.1 Å². The first-order valence-electron chi connectivity index (χ1n) is 9.58. The summed E-state index contributed by atoms with van der Waals surface area (Å²) in [5, 5.41) is 12.8. The maximum atomic E-state index is 12.5. The van der Waals surface area contributed by atoms with Gasteiger partial charge in [0.15, 0.2) is 0 Å². The van der Waals surface area contributed by atoms with E-state index in [0.717, 1.165) is 10.5 Å². The lowest BCUT2D eigenvalue weighted by Gasteiger charge is -2.23. The first-order valence-corrected chi connectivity index (χ1v) is 11.5. The molecule has 1 fully saturated rings. The van der Waals surface area contributed by atoms with Crippen molar-refractivity contribution < 1.29 is 24.2 Å². The normalized spacial score (nSPS) is 16.4. The fourth-order valence-corrected chi connectivity index (χ4v) is 4.78. The number of rotatable bonds is 8. The van der Waals surface area contributed by atoms with Gasteiger partial charge in [-0.05, 0) is 29.8 Å². The molecule has 1 aliphatic heterocycles. The number of nitrogens with zero attached hydrogens (tertiary/aromatic N) is 1. The number of amides is 3. The predicted octanol–water partition coefficient (Wildman–Crippen LogP) is 3.14. The van der Waals surface area contributed by atoms with Crippen molar-refractivity contribution in [3.63, 3.8) is 0 Å². The van der Waals surface area contributed by atoms with Crippen molar-refractivity contribution in [2.75, 3.05) is 11.6 Å². The van der Waals surface area contributed by atoms with Gasteiger partial charge in [-0.2, -0.15) is 0 Å². The standard InChI is InChI=1S/C21H21Cl2N3O5S/c22-15-2-1-3-16(23)14(15)9-31-13-6-4-12(5-7-13)8-17(19(24)27)25-20(28)18-10-32-11-26(18)21(29)30/h1-7,17-18H,8-11H2,(H2,24,27)(H,25,28)(H,29,30)/t17-,18-/m0/s1. The highest BCUT2D eigenvalue weighted by atomic mass is 35.5. The molecule has 2 aromatic carbocycles. The lowest BCUT2D eigenvalue weighted by Crippen LogP contribution is -2.53. The second-order valence-corrected chi connectivity index (χ2v) is 8.88. The Bertz CT molecular complexity index is 985. The molecule has 3 amide bonds. The molecule has 0 unspecified atom stereocenters. The number of nitrogens with two attached hydrogens (primary N) is 1. The van der Waals surface area contributed by atoms with Gasteiger partial charge in [0, 0.05) is 27.8 Å². The zero-order valence-electron chi connectivity index (χ0n) is 16.8. The van der Waals surface area contributed by atoms with Crippen LogP contribution in [0.15, 0.2) is 42.5 Å². The Labute approximate surface area is 199 Å². The van der Waals surface area contributed by atoms with Gasteiger partial charge >= 0.3 is 6.09 Å². The monoisotopic (exact) mass is 497 g/mol. The van der Waals surface area contributed by atoms with Gasteiger partial charge in [0.25, 0.3) is 0 Å². The van der Waals surface area contributed by atoms with Crippen molar-refractivity contribution in [1.82, 2.24) is 10.2 Å². The van der Waals surface area contributed by atoms with Crippen LogP contribution in [-0.2, 0) is 22.6 Å². The minimum atomic E-state index is -1.18. The van der Waals surface area contributed by atoms with Gasteiger partial charge in [-0.25, -0.2) is 4.79 Å². The molecule has 11 heteroatoms. The zero-order valence-corrected chi connectivity index (χ0v) is 19.1. The molecular weight excluding hydrogens is 477 g/mol. The van der Waals surface area contributed by atoms with Crippen LogP contribution in [0.25, 0.3) is 0 Å². The van der Waals surface area contributed by atoms with Crippen LogP contribution in [-0.4, -0.2) is 51.6 Å². The van der Waals surface area contributed by atoms with Crippen LogP contribution >= 0.6 is 35.0 Å². The van der Waals surface area contributed by atoms with Crippen molar-refractivity contribution in [3.8, 4) is 5.75 Å². The second-order valence-electron chi connectivity index (χ2n) is 7.07. The summed E-state index contributed by atoms with van der Waals surface area (Å²) in [6.07, 6.45) is -1.02. The van der Waals surface area contributed by atoms with Gasteiger partial charge in [-0.3, -0.25) is 14.5 Å². The van der Waals surface area contributed by atoms with E-state index in [9.17, 15) is 19.5 Å². The predicted molar refractivity (Wildman–Crippen MR) is 123 cm³/mol. The molecule has 1 saturated heterocycles. The first kappa shape index (κ1) is 24.0. The second kappa shape index (κ2) is 10.8. The maximum Gasteiger partial charge on any atom is 0.408 e. The highest BCUT2D eigenvalue weighted by Crippen LogP contribution is 2.26. The highest BCUT2D eigenvalue weighted by Gasteiger charge is 2.36. The summed E-state index contributed by atoms with van der Waals surface area (Å²) in [6, 6.07) is 10.3. The summed E-state index contributed by atoms with van der Waals surface area (Å²) in [6.45, 7) is 0.192. The van der Waals surface area contributed by atoms with Crippen LogP contribution in [0.1, 0.15) is 11.1 Å². The Morgan fingerprint density at radius 1 is 1.19 bits per heavy atom. The third kappa shape index (κ3) is 5.99. The van der Waals surface area contributed by atoms with Crippen LogP contribution in [0.4, 0.5) is 4.79 Å². The molecule has 0 radical (unpaired) electrons. The molecule has 0 bridgehead atoms. The van der Waals surface area contributed by atoms with E-state index >= 15 is 0 Å². The lowest BCUT2D eigenvalue weighted by atomic mass is 10.0. The summed E-state index contributed by atoms with van der Waals surface area (Å²) < 4.78 is 5.73. The van der Waals surface area contributed by atoms with Crippen molar-refractivity contribution in [2.24, 2.45) is 5.73 Å². The fraction of sp³-hybridized carbons (Fsp3) is 0.286. The largest absolute Gasteiger partial charge is 0.489 e. The Kier molecular flexibility index (Phi) is 8.11. The Hall–Kier alpha value is -2.62. The number of halogens is 2. The minimum Gasteiger partial charge on any atom is -0.489 e. The fourth-order valence-electron chi connectivity index (χ4n) is 3.12. The van der Waals surface area contributed by atoms with E-state index in [1.54, 1.807) is 42.5 Å². The van der Waals surface area contributed by atoms with E-state index in [1.165, 1.54) is 11.8 Å². The number of hydrogen-bond donors (Lipinski definition) is 3. The van der Waals surface area contributed by atoms with Crippen molar-refractivity contribution in [1.29, 1.82) is 0 Å². The van der Waals surface area contributed by atoms with Gasteiger partial charge < -0.3 is 20.9 Å². The summed E-state index contributed by atoms with van der Waals surface area (Å²) >= 11 is 13.6. The van der Waals surface area contributed by atoms with Crippen LogP contribution in [0.5, 0.6) is 5.75 Å². The van der Waals surface area contributed by atoms with Crippen LogP contribution in [0, 0.1) is 0 Å². The van der Waals surface area contributed by atoms with E-state index in [2.05, 4.69) is 5.32 Å². The van der Waals surface area contributed by atoms with Gasteiger partial charge in [0.2, 0.25) is 11.8 Å². The van der Waals surface area contributed by atoms with E-state index in [-0.39, 0.29) is 18.9 Å². The SMILES string of the molecule is NC(=O)[C@H](Cc1ccc(OCc2c(Cl)cccc2Cl)cc1)NC(=O)[C@@H]1CSCN1C(=O)O. The molecule has 1 aliphatic rings. The van der Waals surface area contributed by atoms with E-state index in [4.69, 9.17) is 33.7 Å². The Morgan fingerprint density at radius 3 is 2.44 bits per heavy atom. The number of benzene rings is 2. The van der Waals surface area contributed by atoms with Gasteiger partial charge in [0.1, 0.15) is 24.4 Å². The molecule has 3 rings (SSSR count). The molecule has 4 N–H and O–H groups in total.